The van der Waals surface area contributed by atoms with Gasteiger partial charge >= 0.3 is 0 Å². The predicted octanol–water partition coefficient (Wildman–Crippen LogP) is 8.72. The van der Waals surface area contributed by atoms with Gasteiger partial charge in [-0.25, -0.2) is 0 Å². The first-order chi connectivity index (χ1) is 21.5. The summed E-state index contributed by atoms with van der Waals surface area (Å²) in [6, 6.07) is 20.2. The maximum atomic E-state index is 7.19. The normalized spacial score (nSPS) is 18.4. The predicted molar refractivity (Wildman–Crippen MR) is 181 cm³/mol. The number of ether oxygens (including phenoxy) is 2. The second kappa shape index (κ2) is 11.2. The summed E-state index contributed by atoms with van der Waals surface area (Å²) in [5.41, 5.74) is 8.23. The van der Waals surface area contributed by atoms with Gasteiger partial charge in [-0.05, 0) is 74.0 Å². The van der Waals surface area contributed by atoms with Gasteiger partial charge in [-0.1, -0.05) is 68.4 Å². The molecular weight excluding hydrogens is 579 g/mol. The zero-order valence-corrected chi connectivity index (χ0v) is 28.6. The van der Waals surface area contributed by atoms with Gasteiger partial charge in [-0.2, -0.15) is 0 Å². The number of fused-ring (bicyclic) bond motifs is 3. The number of pyridine rings is 1. The molecule has 0 unspecified atom stereocenters. The van der Waals surface area contributed by atoms with Crippen LogP contribution in [0, 0.1) is 19.8 Å². The van der Waals surface area contributed by atoms with Crippen LogP contribution < -0.4 is 0 Å². The van der Waals surface area contributed by atoms with Crippen LogP contribution in [-0.4, -0.2) is 49.5 Å². The Labute approximate surface area is 267 Å². The van der Waals surface area contributed by atoms with Gasteiger partial charge in [-0.3, -0.25) is 4.98 Å². The van der Waals surface area contributed by atoms with Crippen LogP contribution in [0.3, 0.4) is 0 Å². The minimum atomic E-state index is -2.08. The molecule has 2 aliphatic heterocycles. The van der Waals surface area contributed by atoms with Gasteiger partial charge in [0.1, 0.15) is 11.4 Å². The van der Waals surface area contributed by atoms with Crippen molar-refractivity contribution in [3.63, 3.8) is 0 Å². The second-order valence-electron chi connectivity index (χ2n) is 14.5. The van der Waals surface area contributed by atoms with Gasteiger partial charge in [0.2, 0.25) is 0 Å². The monoisotopic (exact) mass is 623 g/mol. The Bertz CT molecular complexity index is 1820. The average molecular weight is 624 g/mol. The largest absolute Gasteiger partial charge is 0.403 e. The van der Waals surface area contributed by atoms with Crippen molar-refractivity contribution in [3.8, 4) is 11.1 Å². The zero-order chi connectivity index (χ0) is 31.6. The van der Waals surface area contributed by atoms with Crippen molar-refractivity contribution in [2.75, 3.05) is 26.4 Å². The number of hydrogen-bond acceptors (Lipinski definition) is 6. The second-order valence-corrected chi connectivity index (χ2v) is 19.3. The molecule has 5 aromatic rings. The van der Waals surface area contributed by atoms with Crippen LogP contribution in [0.15, 0.2) is 65.3 Å². The van der Waals surface area contributed by atoms with Crippen LogP contribution in [0.4, 0.5) is 0 Å². The number of nitrogens with zero attached hydrogens (tertiary/aromatic N) is 3. The Morgan fingerprint density at radius 3 is 2.31 bits per heavy atom. The summed E-state index contributed by atoms with van der Waals surface area (Å²) in [6.07, 6.45) is 3.98. The Morgan fingerprint density at radius 1 is 0.956 bits per heavy atom. The van der Waals surface area contributed by atoms with E-state index in [1.807, 2.05) is 20.0 Å². The molecule has 0 spiro atoms. The fourth-order valence-corrected chi connectivity index (χ4v) is 8.57. The summed E-state index contributed by atoms with van der Waals surface area (Å²) in [5.74, 6) is 1.22. The first kappa shape index (κ1) is 30.4. The van der Waals surface area contributed by atoms with Gasteiger partial charge < -0.3 is 23.0 Å². The van der Waals surface area contributed by atoms with Gasteiger partial charge in [0.25, 0.3) is 0 Å². The minimum absolute atomic E-state index is 0.0918. The maximum Gasteiger partial charge on any atom is 0.193 e. The SMILES string of the molecule is Cc1noc(C)c1-c1cnc2c3ccc(C4(O[Si](C)(C)C(C)(C)C)COC4)cc3n([C@H](c3ccccc3)C3CCOCC3)c2c1. The van der Waals surface area contributed by atoms with Crippen LogP contribution in [0.1, 0.15) is 62.2 Å². The quantitative estimate of drug-likeness (QED) is 0.169. The van der Waals surface area contributed by atoms with Crippen molar-refractivity contribution >= 4 is 30.3 Å². The molecular formula is C37H45N3O4Si. The molecule has 2 aliphatic rings. The number of benzene rings is 2. The van der Waals surface area contributed by atoms with E-state index in [0.29, 0.717) is 19.1 Å². The van der Waals surface area contributed by atoms with Crippen molar-refractivity contribution in [1.82, 2.24) is 14.7 Å². The molecule has 2 saturated heterocycles. The molecule has 0 bridgehead atoms. The molecule has 0 radical (unpaired) electrons. The Hall–Kier alpha value is -3.30. The van der Waals surface area contributed by atoms with Crippen LogP contribution >= 0.6 is 0 Å². The number of aromatic nitrogens is 3. The van der Waals surface area contributed by atoms with E-state index in [1.165, 1.54) is 16.6 Å². The summed E-state index contributed by atoms with van der Waals surface area (Å²) < 4.78 is 27.1. The Morgan fingerprint density at radius 2 is 1.69 bits per heavy atom. The van der Waals surface area contributed by atoms with E-state index >= 15 is 0 Å². The molecule has 2 fully saturated rings. The summed E-state index contributed by atoms with van der Waals surface area (Å²) in [5, 5.41) is 5.49. The third-order valence-electron chi connectivity index (χ3n) is 10.5. The molecule has 2 aromatic carbocycles. The van der Waals surface area contributed by atoms with Crippen molar-refractivity contribution in [2.45, 2.75) is 77.2 Å². The lowest BCUT2D eigenvalue weighted by Crippen LogP contribution is -2.57. The highest BCUT2D eigenvalue weighted by atomic mass is 28.4. The van der Waals surface area contributed by atoms with Gasteiger partial charge in [0.15, 0.2) is 8.32 Å². The molecule has 8 heteroatoms. The van der Waals surface area contributed by atoms with E-state index in [9.17, 15) is 0 Å². The third kappa shape index (κ3) is 5.16. The van der Waals surface area contributed by atoms with Gasteiger partial charge in [0.05, 0.1) is 41.5 Å². The average Bonchev–Trinajstić information content (AvgIpc) is 3.50. The smallest absolute Gasteiger partial charge is 0.193 e. The minimum Gasteiger partial charge on any atom is -0.403 e. The van der Waals surface area contributed by atoms with Crippen LogP contribution in [0.25, 0.3) is 33.1 Å². The summed E-state index contributed by atoms with van der Waals surface area (Å²) >= 11 is 0. The zero-order valence-electron chi connectivity index (χ0n) is 27.6. The number of hydrogen-bond donors (Lipinski definition) is 0. The summed E-state index contributed by atoms with van der Waals surface area (Å²) in [4.78, 5) is 5.14. The van der Waals surface area contributed by atoms with E-state index in [0.717, 1.165) is 65.1 Å². The van der Waals surface area contributed by atoms with E-state index in [1.54, 1.807) is 0 Å². The van der Waals surface area contributed by atoms with E-state index < -0.39 is 13.9 Å². The maximum absolute atomic E-state index is 7.19. The lowest BCUT2D eigenvalue weighted by atomic mass is 9.86. The van der Waals surface area contributed by atoms with Crippen molar-refractivity contribution < 1.29 is 18.4 Å². The molecule has 7 nitrogen and oxygen atoms in total. The fourth-order valence-electron chi connectivity index (χ4n) is 7.05. The first-order valence-electron chi connectivity index (χ1n) is 16.3. The third-order valence-corrected chi connectivity index (χ3v) is 15.1. The summed E-state index contributed by atoms with van der Waals surface area (Å²) in [7, 11) is -2.08. The van der Waals surface area contributed by atoms with E-state index in [4.69, 9.17) is 23.4 Å². The highest BCUT2D eigenvalue weighted by Gasteiger charge is 2.50. The van der Waals surface area contributed by atoms with E-state index in [-0.39, 0.29) is 11.1 Å². The van der Waals surface area contributed by atoms with Gasteiger partial charge in [0, 0.05) is 35.9 Å². The first-order valence-corrected chi connectivity index (χ1v) is 19.2. The highest BCUT2D eigenvalue weighted by Crippen LogP contribution is 2.47. The molecule has 0 amide bonds. The lowest BCUT2D eigenvalue weighted by molar-refractivity contribution is -0.174. The Kier molecular flexibility index (Phi) is 7.55. The molecule has 7 rings (SSSR count). The van der Waals surface area contributed by atoms with Gasteiger partial charge in [-0.15, -0.1) is 0 Å². The molecule has 45 heavy (non-hydrogen) atoms. The topological polar surface area (TPSA) is 71.5 Å². The highest BCUT2D eigenvalue weighted by molar-refractivity contribution is 6.74. The van der Waals surface area contributed by atoms with Crippen molar-refractivity contribution in [2.24, 2.45) is 5.92 Å². The van der Waals surface area contributed by atoms with Crippen molar-refractivity contribution in [1.29, 1.82) is 0 Å². The molecule has 236 valence electrons. The molecule has 3 aromatic heterocycles. The van der Waals surface area contributed by atoms with Crippen LogP contribution in [0.5, 0.6) is 0 Å². The Balaban J connectivity index is 1.49. The van der Waals surface area contributed by atoms with Crippen LogP contribution in [0.2, 0.25) is 18.1 Å². The molecule has 5 heterocycles. The standard InChI is InChI=1S/C37H45N3O4Si/c1-24-33(25(2)43-39-24)28-19-32-34(38-21-28)30-14-13-29(37(22-42-23-37)44-45(6,7)36(3,4)5)20-31(30)40(32)35(26-11-9-8-10-12-26)27-15-17-41-18-16-27/h8-14,19-21,27,35H,15-18,22-23H2,1-7H3/t35-/m1/s1. The summed E-state index contributed by atoms with van der Waals surface area (Å²) in [6.45, 7) is 18.2. The number of rotatable bonds is 7. The van der Waals surface area contributed by atoms with E-state index in [2.05, 4.69) is 98.2 Å². The number of aryl methyl sites for hydroxylation is 2. The molecule has 0 saturated carbocycles. The van der Waals surface area contributed by atoms with Crippen molar-refractivity contribution in [3.05, 3.63) is 83.4 Å². The fraction of sp³-hybridized carbons (Fsp3) is 0.459. The molecule has 0 aliphatic carbocycles. The molecule has 1 atom stereocenters. The van der Waals surface area contributed by atoms with Crippen LogP contribution in [-0.2, 0) is 19.5 Å². The molecule has 0 N–H and O–H groups in total. The lowest BCUT2D eigenvalue weighted by Gasteiger charge is -2.50.